The van der Waals surface area contributed by atoms with E-state index in [1.165, 1.54) is 31.5 Å². The van der Waals surface area contributed by atoms with E-state index in [9.17, 15) is 5.11 Å². The summed E-state index contributed by atoms with van der Waals surface area (Å²) in [6.45, 7) is 12.9. The summed E-state index contributed by atoms with van der Waals surface area (Å²) in [5.41, 5.74) is 1.36. The van der Waals surface area contributed by atoms with E-state index in [4.69, 9.17) is 0 Å². The molecule has 1 aliphatic rings. The number of nitrogens with one attached hydrogen (secondary N) is 1. The number of hydrogen-bond acceptors (Lipinski definition) is 3. The maximum absolute atomic E-state index is 10.4. The van der Waals surface area contributed by atoms with Crippen LogP contribution in [0.15, 0.2) is 30.3 Å². The Balaban J connectivity index is 1.67. The Kier molecular flexibility index (Phi) is 7.27. The van der Waals surface area contributed by atoms with Gasteiger partial charge < -0.3 is 15.3 Å². The first-order chi connectivity index (χ1) is 11.4. The lowest BCUT2D eigenvalue weighted by Gasteiger charge is -2.37. The van der Waals surface area contributed by atoms with Crippen molar-refractivity contribution in [2.45, 2.75) is 59.1 Å². The lowest BCUT2D eigenvalue weighted by atomic mass is 9.80. The van der Waals surface area contributed by atoms with E-state index in [0.29, 0.717) is 12.0 Å². The van der Waals surface area contributed by atoms with Gasteiger partial charge in [0.15, 0.2) is 0 Å². The fourth-order valence-corrected chi connectivity index (χ4v) is 3.71. The third-order valence-corrected chi connectivity index (χ3v) is 5.43. The topological polar surface area (TPSA) is 35.5 Å². The first-order valence-corrected chi connectivity index (χ1v) is 9.56. The summed E-state index contributed by atoms with van der Waals surface area (Å²) in [7, 11) is 0. The van der Waals surface area contributed by atoms with E-state index < -0.39 is 0 Å². The minimum atomic E-state index is -0.254. The predicted octanol–water partition coefficient (Wildman–Crippen LogP) is 3.33. The minimum absolute atomic E-state index is 0.0708. The predicted molar refractivity (Wildman–Crippen MR) is 102 cm³/mol. The molecule has 2 rings (SSSR count). The second-order valence-electron chi connectivity index (χ2n) is 8.41. The highest BCUT2D eigenvalue weighted by Crippen LogP contribution is 2.25. The van der Waals surface area contributed by atoms with Crippen LogP contribution in [0.1, 0.15) is 46.1 Å². The zero-order valence-electron chi connectivity index (χ0n) is 16.0. The average molecular weight is 333 g/mol. The molecule has 0 aliphatic carbocycles. The zero-order valence-corrected chi connectivity index (χ0v) is 16.0. The van der Waals surface area contributed by atoms with E-state index in [0.717, 1.165) is 19.5 Å². The summed E-state index contributed by atoms with van der Waals surface area (Å²) < 4.78 is 0. The number of benzene rings is 1. The van der Waals surface area contributed by atoms with Crippen molar-refractivity contribution in [2.75, 3.05) is 26.2 Å². The Morgan fingerprint density at radius 1 is 1.17 bits per heavy atom. The fraction of sp³-hybridized carbons (Fsp3) is 0.714. The van der Waals surface area contributed by atoms with Crippen LogP contribution in [0.3, 0.4) is 0 Å². The van der Waals surface area contributed by atoms with E-state index in [1.807, 2.05) is 0 Å². The molecule has 3 nitrogen and oxygen atoms in total. The van der Waals surface area contributed by atoms with Gasteiger partial charge >= 0.3 is 0 Å². The molecule has 24 heavy (non-hydrogen) atoms. The highest BCUT2D eigenvalue weighted by atomic mass is 16.3. The van der Waals surface area contributed by atoms with Gasteiger partial charge in [-0.15, -0.1) is 0 Å². The van der Waals surface area contributed by atoms with Gasteiger partial charge in [-0.25, -0.2) is 0 Å². The molecule has 1 fully saturated rings. The van der Waals surface area contributed by atoms with Crippen molar-refractivity contribution in [2.24, 2.45) is 11.3 Å². The number of aliphatic hydroxyl groups excluding tert-OH is 1. The normalized spacial score (nSPS) is 18.9. The molecule has 1 atom stereocenters. The number of nitrogens with zero attached hydrogens (tertiary/aromatic N) is 1. The molecular weight excluding hydrogens is 296 g/mol. The molecular formula is C21H36N2O. The van der Waals surface area contributed by atoms with Gasteiger partial charge in [0.2, 0.25) is 0 Å². The van der Waals surface area contributed by atoms with Crippen molar-refractivity contribution in [1.29, 1.82) is 0 Å². The van der Waals surface area contributed by atoms with E-state index in [-0.39, 0.29) is 11.5 Å². The van der Waals surface area contributed by atoms with Crippen LogP contribution in [-0.2, 0) is 6.42 Å². The summed E-state index contributed by atoms with van der Waals surface area (Å²) >= 11 is 0. The van der Waals surface area contributed by atoms with Gasteiger partial charge in [-0.1, -0.05) is 58.0 Å². The molecule has 0 saturated carbocycles. The molecule has 0 spiro atoms. The third kappa shape index (κ3) is 5.87. The van der Waals surface area contributed by atoms with Crippen LogP contribution in [0.4, 0.5) is 0 Å². The smallest absolute Gasteiger partial charge is 0.0626 e. The van der Waals surface area contributed by atoms with Crippen molar-refractivity contribution in [1.82, 2.24) is 10.2 Å². The van der Waals surface area contributed by atoms with Gasteiger partial charge in [0, 0.05) is 24.5 Å². The van der Waals surface area contributed by atoms with Crippen LogP contribution in [0, 0.1) is 11.3 Å². The fourth-order valence-electron chi connectivity index (χ4n) is 3.71. The molecule has 2 N–H and O–H groups in total. The third-order valence-electron chi connectivity index (χ3n) is 5.43. The molecule has 1 aliphatic heterocycles. The summed E-state index contributed by atoms with van der Waals surface area (Å²) in [4.78, 5) is 2.58. The Morgan fingerprint density at radius 3 is 2.38 bits per heavy atom. The molecule has 136 valence electrons. The number of piperidine rings is 1. The van der Waals surface area contributed by atoms with Gasteiger partial charge in [0.05, 0.1) is 6.10 Å². The molecule has 1 aromatic carbocycles. The number of hydrogen-bond donors (Lipinski definition) is 2. The van der Waals surface area contributed by atoms with Crippen molar-refractivity contribution in [3.63, 3.8) is 0 Å². The molecule has 0 aromatic heterocycles. The first kappa shape index (κ1) is 19.4. The second kappa shape index (κ2) is 8.98. The minimum Gasteiger partial charge on any atom is -0.392 e. The number of rotatable bonds is 8. The Labute approximate surface area is 148 Å². The summed E-state index contributed by atoms with van der Waals surface area (Å²) in [5.74, 6) is 0.307. The molecule has 1 heterocycles. The van der Waals surface area contributed by atoms with Crippen LogP contribution in [0.5, 0.6) is 0 Å². The molecule has 0 radical (unpaired) electrons. The highest BCUT2D eigenvalue weighted by Gasteiger charge is 2.31. The van der Waals surface area contributed by atoms with Crippen LogP contribution in [0.2, 0.25) is 0 Å². The van der Waals surface area contributed by atoms with Gasteiger partial charge in [-0.2, -0.15) is 0 Å². The zero-order chi connectivity index (χ0) is 17.6. The largest absolute Gasteiger partial charge is 0.392 e. The first-order valence-electron chi connectivity index (χ1n) is 9.56. The SMILES string of the molecule is CC(C)C(O)C(C)(C)CNC1CCN(CCc2ccccc2)CC1. The number of likely N-dealkylation sites (tertiary alicyclic amines) is 1. The van der Waals surface area contributed by atoms with E-state index in [1.54, 1.807) is 0 Å². The Bertz CT molecular complexity index is 464. The van der Waals surface area contributed by atoms with Crippen LogP contribution >= 0.6 is 0 Å². The van der Waals surface area contributed by atoms with Crippen LogP contribution in [-0.4, -0.2) is 48.3 Å². The van der Waals surface area contributed by atoms with Crippen molar-refractivity contribution in [3.8, 4) is 0 Å². The summed E-state index contributed by atoms with van der Waals surface area (Å²) in [6.07, 6.45) is 3.31. The monoisotopic (exact) mass is 332 g/mol. The molecule has 1 aromatic rings. The maximum atomic E-state index is 10.4. The van der Waals surface area contributed by atoms with E-state index in [2.05, 4.69) is 68.2 Å². The quantitative estimate of drug-likeness (QED) is 0.766. The van der Waals surface area contributed by atoms with Gasteiger partial charge in [-0.05, 0) is 43.8 Å². The standard InChI is InChI=1S/C21H36N2O/c1-17(2)20(24)21(3,4)16-22-19-11-14-23(15-12-19)13-10-18-8-6-5-7-9-18/h5-9,17,19-20,22,24H,10-16H2,1-4H3. The summed E-state index contributed by atoms with van der Waals surface area (Å²) in [5, 5.41) is 14.1. The lowest BCUT2D eigenvalue weighted by Crippen LogP contribution is -2.48. The van der Waals surface area contributed by atoms with Crippen molar-refractivity contribution >= 4 is 0 Å². The molecule has 0 bridgehead atoms. The number of aliphatic hydroxyl groups is 1. The molecule has 1 unspecified atom stereocenters. The lowest BCUT2D eigenvalue weighted by molar-refractivity contribution is 0.0108. The van der Waals surface area contributed by atoms with Gasteiger partial charge in [0.1, 0.15) is 0 Å². The Hall–Kier alpha value is -0.900. The van der Waals surface area contributed by atoms with Crippen molar-refractivity contribution in [3.05, 3.63) is 35.9 Å². The van der Waals surface area contributed by atoms with Crippen molar-refractivity contribution < 1.29 is 5.11 Å². The van der Waals surface area contributed by atoms with Gasteiger partial charge in [0.25, 0.3) is 0 Å². The van der Waals surface area contributed by atoms with E-state index >= 15 is 0 Å². The average Bonchev–Trinajstić information content (AvgIpc) is 2.59. The second-order valence-corrected chi connectivity index (χ2v) is 8.41. The highest BCUT2D eigenvalue weighted by molar-refractivity contribution is 5.14. The Morgan fingerprint density at radius 2 is 1.79 bits per heavy atom. The van der Waals surface area contributed by atoms with Crippen LogP contribution < -0.4 is 5.32 Å². The maximum Gasteiger partial charge on any atom is 0.0626 e. The molecule has 3 heteroatoms. The van der Waals surface area contributed by atoms with Crippen LogP contribution in [0.25, 0.3) is 0 Å². The summed E-state index contributed by atoms with van der Waals surface area (Å²) in [6, 6.07) is 11.4. The molecule has 1 saturated heterocycles. The van der Waals surface area contributed by atoms with Gasteiger partial charge in [-0.3, -0.25) is 0 Å². The molecule has 0 amide bonds.